The Morgan fingerprint density at radius 1 is 1.05 bits per heavy atom. The van der Waals surface area contributed by atoms with Gasteiger partial charge in [-0.3, -0.25) is 0 Å². The van der Waals surface area contributed by atoms with Gasteiger partial charge in [0, 0.05) is 24.2 Å². The van der Waals surface area contributed by atoms with Gasteiger partial charge in [-0.05, 0) is 18.6 Å². The molecule has 100 valence electrons. The summed E-state index contributed by atoms with van der Waals surface area (Å²) in [5, 5.41) is 3.38. The van der Waals surface area contributed by atoms with Crippen LogP contribution in [0, 0.1) is 5.82 Å². The number of hydrogen-bond donors (Lipinski definition) is 2. The van der Waals surface area contributed by atoms with E-state index in [2.05, 4.69) is 12.2 Å². The Balaban J connectivity index is 2.14. The van der Waals surface area contributed by atoms with Gasteiger partial charge in [0.1, 0.15) is 5.82 Å². The Kier molecular flexibility index (Phi) is 4.66. The van der Waals surface area contributed by atoms with Crippen LogP contribution >= 0.6 is 0 Å². The molecule has 0 aliphatic rings. The van der Waals surface area contributed by atoms with Crippen LogP contribution in [0.2, 0.25) is 0 Å². The van der Waals surface area contributed by atoms with Crippen molar-refractivity contribution >= 4 is 0 Å². The molecule has 19 heavy (non-hydrogen) atoms. The van der Waals surface area contributed by atoms with E-state index in [1.54, 1.807) is 12.1 Å². The highest BCUT2D eigenvalue weighted by atomic mass is 19.1. The molecule has 0 aliphatic carbocycles. The van der Waals surface area contributed by atoms with E-state index in [9.17, 15) is 4.39 Å². The van der Waals surface area contributed by atoms with Gasteiger partial charge in [-0.1, -0.05) is 48.5 Å². The lowest BCUT2D eigenvalue weighted by Crippen LogP contribution is -2.31. The van der Waals surface area contributed by atoms with Crippen LogP contribution < -0.4 is 11.1 Å². The molecule has 0 amide bonds. The topological polar surface area (TPSA) is 38.0 Å². The maximum atomic E-state index is 13.8. The molecular formula is C16H19FN2. The first-order chi connectivity index (χ1) is 9.22. The molecule has 2 atom stereocenters. The molecule has 2 unspecified atom stereocenters. The predicted octanol–water partition coefficient (Wildman–Crippen LogP) is 3.18. The van der Waals surface area contributed by atoms with Gasteiger partial charge < -0.3 is 11.1 Å². The highest BCUT2D eigenvalue weighted by molar-refractivity contribution is 5.23. The van der Waals surface area contributed by atoms with Crippen molar-refractivity contribution in [3.05, 3.63) is 71.5 Å². The summed E-state index contributed by atoms with van der Waals surface area (Å²) in [6.45, 7) is 2.41. The van der Waals surface area contributed by atoms with E-state index in [1.165, 1.54) is 6.07 Å². The molecule has 0 spiro atoms. The highest BCUT2D eigenvalue weighted by Gasteiger charge is 2.16. The fourth-order valence-corrected chi connectivity index (χ4v) is 2.18. The molecule has 2 aromatic carbocycles. The average Bonchev–Trinajstić information content (AvgIpc) is 2.46. The molecule has 3 N–H and O–H groups in total. The maximum Gasteiger partial charge on any atom is 0.128 e. The molecular weight excluding hydrogens is 239 g/mol. The summed E-state index contributed by atoms with van der Waals surface area (Å²) in [5.74, 6) is -0.217. The van der Waals surface area contributed by atoms with Crippen molar-refractivity contribution in [2.45, 2.75) is 19.0 Å². The lowest BCUT2D eigenvalue weighted by atomic mass is 10.0. The van der Waals surface area contributed by atoms with Crippen molar-refractivity contribution < 1.29 is 4.39 Å². The second-order valence-electron chi connectivity index (χ2n) is 4.61. The number of nitrogens with one attached hydrogen (secondary N) is 1. The molecule has 0 aromatic heterocycles. The van der Waals surface area contributed by atoms with Crippen LogP contribution in [0.1, 0.15) is 30.1 Å². The Morgan fingerprint density at radius 3 is 2.32 bits per heavy atom. The molecule has 0 bridgehead atoms. The summed E-state index contributed by atoms with van der Waals surface area (Å²) < 4.78 is 13.8. The summed E-state index contributed by atoms with van der Waals surface area (Å²) >= 11 is 0. The van der Waals surface area contributed by atoms with Crippen LogP contribution in [0.5, 0.6) is 0 Å². The zero-order chi connectivity index (χ0) is 13.7. The van der Waals surface area contributed by atoms with E-state index >= 15 is 0 Å². The first-order valence-corrected chi connectivity index (χ1v) is 6.48. The van der Waals surface area contributed by atoms with Gasteiger partial charge in [-0.15, -0.1) is 0 Å². The smallest absolute Gasteiger partial charge is 0.128 e. The lowest BCUT2D eigenvalue weighted by Gasteiger charge is -2.23. The molecule has 2 nitrogen and oxygen atoms in total. The zero-order valence-corrected chi connectivity index (χ0v) is 11.0. The number of halogens is 1. The Labute approximate surface area is 113 Å². The lowest BCUT2D eigenvalue weighted by molar-refractivity contribution is 0.455. The Morgan fingerprint density at radius 2 is 1.68 bits per heavy atom. The molecule has 3 heteroatoms. The van der Waals surface area contributed by atoms with Crippen LogP contribution in [0.15, 0.2) is 54.6 Å². The standard InChI is InChI=1S/C16H19FN2/c1-12(13-7-3-2-4-8-13)19-16(11-18)14-9-5-6-10-15(14)17/h2-10,12,16,19H,11,18H2,1H3. The summed E-state index contributed by atoms with van der Waals surface area (Å²) in [5.41, 5.74) is 7.55. The molecule has 0 heterocycles. The summed E-state index contributed by atoms with van der Waals surface area (Å²) in [6, 6.07) is 16.8. The number of benzene rings is 2. The van der Waals surface area contributed by atoms with Crippen molar-refractivity contribution in [2.75, 3.05) is 6.54 Å². The number of hydrogen-bond acceptors (Lipinski definition) is 2. The first kappa shape index (κ1) is 13.7. The van der Waals surface area contributed by atoms with Crippen LogP contribution in [0.3, 0.4) is 0 Å². The zero-order valence-electron chi connectivity index (χ0n) is 11.0. The molecule has 2 aromatic rings. The second kappa shape index (κ2) is 6.45. The van der Waals surface area contributed by atoms with Gasteiger partial charge in [0.2, 0.25) is 0 Å². The number of nitrogens with two attached hydrogens (primary N) is 1. The molecule has 2 rings (SSSR count). The van der Waals surface area contributed by atoms with Crippen LogP contribution in [-0.2, 0) is 0 Å². The van der Waals surface area contributed by atoms with Gasteiger partial charge >= 0.3 is 0 Å². The minimum Gasteiger partial charge on any atom is -0.329 e. The monoisotopic (exact) mass is 258 g/mol. The SMILES string of the molecule is CC(NC(CN)c1ccccc1F)c1ccccc1. The second-order valence-corrected chi connectivity index (χ2v) is 4.61. The van der Waals surface area contributed by atoms with E-state index in [-0.39, 0.29) is 17.9 Å². The van der Waals surface area contributed by atoms with Crippen LogP contribution in [-0.4, -0.2) is 6.54 Å². The molecule has 0 aliphatic heterocycles. The third-order valence-corrected chi connectivity index (χ3v) is 3.27. The molecule has 0 radical (unpaired) electrons. The van der Waals surface area contributed by atoms with E-state index in [1.807, 2.05) is 36.4 Å². The van der Waals surface area contributed by atoms with Gasteiger partial charge in [-0.2, -0.15) is 0 Å². The van der Waals surface area contributed by atoms with Crippen molar-refractivity contribution in [3.63, 3.8) is 0 Å². The largest absolute Gasteiger partial charge is 0.329 e. The number of rotatable bonds is 5. The van der Waals surface area contributed by atoms with Gasteiger partial charge in [0.15, 0.2) is 0 Å². The average molecular weight is 258 g/mol. The van der Waals surface area contributed by atoms with Gasteiger partial charge in [-0.25, -0.2) is 4.39 Å². The summed E-state index contributed by atoms with van der Waals surface area (Å²) in [6.07, 6.45) is 0. The third kappa shape index (κ3) is 3.40. The van der Waals surface area contributed by atoms with Gasteiger partial charge in [0.05, 0.1) is 0 Å². The van der Waals surface area contributed by atoms with E-state index in [0.29, 0.717) is 12.1 Å². The summed E-state index contributed by atoms with van der Waals surface area (Å²) in [7, 11) is 0. The van der Waals surface area contributed by atoms with Gasteiger partial charge in [0.25, 0.3) is 0 Å². The van der Waals surface area contributed by atoms with Crippen molar-refractivity contribution in [1.82, 2.24) is 5.32 Å². The normalized spacial score (nSPS) is 14.1. The minimum absolute atomic E-state index is 0.120. The Bertz CT molecular complexity index is 513. The minimum atomic E-state index is -0.217. The van der Waals surface area contributed by atoms with Crippen molar-refractivity contribution in [3.8, 4) is 0 Å². The van der Waals surface area contributed by atoms with Crippen molar-refractivity contribution in [2.24, 2.45) is 5.73 Å². The maximum absolute atomic E-state index is 13.8. The molecule has 0 fully saturated rings. The Hall–Kier alpha value is -1.71. The van der Waals surface area contributed by atoms with Crippen LogP contribution in [0.25, 0.3) is 0 Å². The quantitative estimate of drug-likeness (QED) is 0.864. The fraction of sp³-hybridized carbons (Fsp3) is 0.250. The molecule has 0 saturated heterocycles. The van der Waals surface area contributed by atoms with Crippen molar-refractivity contribution in [1.29, 1.82) is 0 Å². The molecule has 0 saturated carbocycles. The summed E-state index contributed by atoms with van der Waals surface area (Å²) in [4.78, 5) is 0. The van der Waals surface area contributed by atoms with E-state index < -0.39 is 0 Å². The third-order valence-electron chi connectivity index (χ3n) is 3.27. The van der Waals surface area contributed by atoms with E-state index in [0.717, 1.165) is 5.56 Å². The van der Waals surface area contributed by atoms with Crippen LogP contribution in [0.4, 0.5) is 4.39 Å². The van der Waals surface area contributed by atoms with E-state index in [4.69, 9.17) is 5.73 Å². The first-order valence-electron chi connectivity index (χ1n) is 6.48. The predicted molar refractivity (Wildman–Crippen MR) is 76.2 cm³/mol. The fourth-order valence-electron chi connectivity index (χ4n) is 2.18. The highest BCUT2D eigenvalue weighted by Crippen LogP contribution is 2.20.